The highest BCUT2D eigenvalue weighted by Gasteiger charge is 2.17. The first-order valence-electron chi connectivity index (χ1n) is 6.09. The lowest BCUT2D eigenvalue weighted by Crippen LogP contribution is -2.35. The highest BCUT2D eigenvalue weighted by atomic mass is 35.5. The van der Waals surface area contributed by atoms with Gasteiger partial charge < -0.3 is 10.1 Å². The van der Waals surface area contributed by atoms with Crippen molar-refractivity contribution in [2.24, 2.45) is 5.14 Å². The van der Waals surface area contributed by atoms with Crippen molar-refractivity contribution in [1.82, 2.24) is 5.32 Å². The van der Waals surface area contributed by atoms with Crippen LogP contribution in [-0.2, 0) is 14.8 Å². The van der Waals surface area contributed by atoms with Crippen LogP contribution in [0.1, 0.15) is 20.3 Å². The van der Waals surface area contributed by atoms with Crippen LogP contribution in [0, 0.1) is 0 Å². The maximum Gasteiger partial charge on any atom is 0.258 e. The summed E-state index contributed by atoms with van der Waals surface area (Å²) in [5, 5.41) is 7.62. The third-order valence-corrected chi connectivity index (χ3v) is 4.12. The Hall–Kier alpha value is -1.02. The summed E-state index contributed by atoms with van der Waals surface area (Å²) in [6.45, 7) is 3.52. The first-order valence-corrected chi connectivity index (χ1v) is 8.39. The van der Waals surface area contributed by atoms with Crippen molar-refractivity contribution < 1.29 is 17.9 Å². The molecule has 9 heteroatoms. The number of benzene rings is 1. The van der Waals surface area contributed by atoms with Crippen LogP contribution in [0.15, 0.2) is 17.0 Å². The van der Waals surface area contributed by atoms with Crippen LogP contribution in [-0.4, -0.2) is 27.0 Å². The van der Waals surface area contributed by atoms with Crippen molar-refractivity contribution in [3.05, 3.63) is 22.2 Å². The van der Waals surface area contributed by atoms with E-state index in [1.165, 1.54) is 0 Å². The predicted molar refractivity (Wildman–Crippen MR) is 81.2 cm³/mol. The van der Waals surface area contributed by atoms with E-state index in [9.17, 15) is 13.2 Å². The van der Waals surface area contributed by atoms with Crippen molar-refractivity contribution in [2.45, 2.75) is 31.2 Å². The molecule has 3 N–H and O–H groups in total. The van der Waals surface area contributed by atoms with E-state index in [1.807, 2.05) is 13.8 Å². The molecule has 0 fully saturated rings. The fraction of sp³-hybridized carbons (Fsp3) is 0.417. The third kappa shape index (κ3) is 5.35. The number of primary sulfonamides is 1. The van der Waals surface area contributed by atoms with Crippen molar-refractivity contribution >= 4 is 39.1 Å². The molecular formula is C12H16Cl2N2O4S. The minimum atomic E-state index is -3.92. The van der Waals surface area contributed by atoms with Crippen molar-refractivity contribution in [2.75, 3.05) is 6.61 Å². The topological polar surface area (TPSA) is 98.5 Å². The molecule has 0 aliphatic rings. The smallest absolute Gasteiger partial charge is 0.258 e. The minimum absolute atomic E-state index is 0.0248. The number of ether oxygens (including phenoxy) is 1. The number of hydrogen-bond donors (Lipinski definition) is 2. The standard InChI is InChI=1S/C12H16Cl2N2O4S/c1-3-7(2)16-11(17)6-20-12-9(13)4-8(5-10(12)14)21(15,18)19/h4-5,7H,3,6H2,1-2H3,(H,16,17)(H2,15,18,19). The molecule has 1 aromatic carbocycles. The Morgan fingerprint density at radius 1 is 1.38 bits per heavy atom. The largest absolute Gasteiger partial charge is 0.481 e. The summed E-state index contributed by atoms with van der Waals surface area (Å²) >= 11 is 11.8. The monoisotopic (exact) mass is 354 g/mol. The molecule has 0 aliphatic heterocycles. The van der Waals surface area contributed by atoms with Gasteiger partial charge in [-0.1, -0.05) is 30.1 Å². The molecule has 1 unspecified atom stereocenters. The zero-order valence-corrected chi connectivity index (χ0v) is 13.8. The summed E-state index contributed by atoms with van der Waals surface area (Å²) in [7, 11) is -3.92. The summed E-state index contributed by atoms with van der Waals surface area (Å²) in [6, 6.07) is 2.26. The summed E-state index contributed by atoms with van der Waals surface area (Å²) in [5.74, 6) is -0.294. The number of nitrogens with two attached hydrogens (primary N) is 1. The van der Waals surface area contributed by atoms with Crippen LogP contribution in [0.2, 0.25) is 10.0 Å². The van der Waals surface area contributed by atoms with Crippen LogP contribution in [0.4, 0.5) is 0 Å². The van der Waals surface area contributed by atoms with Crippen molar-refractivity contribution in [3.8, 4) is 5.75 Å². The summed E-state index contributed by atoms with van der Waals surface area (Å²) in [4.78, 5) is 11.4. The summed E-state index contributed by atoms with van der Waals surface area (Å²) < 4.78 is 27.7. The molecule has 6 nitrogen and oxygen atoms in total. The first kappa shape index (κ1) is 18.0. The van der Waals surface area contributed by atoms with Gasteiger partial charge >= 0.3 is 0 Å². The highest BCUT2D eigenvalue weighted by Crippen LogP contribution is 2.35. The third-order valence-electron chi connectivity index (χ3n) is 2.67. The second-order valence-electron chi connectivity index (χ2n) is 4.43. The molecule has 0 saturated heterocycles. The van der Waals surface area contributed by atoms with E-state index >= 15 is 0 Å². The SMILES string of the molecule is CCC(C)NC(=O)COc1c(Cl)cc(S(N)(=O)=O)cc1Cl. The number of carbonyl (C=O) groups is 1. The number of carbonyl (C=O) groups excluding carboxylic acids is 1. The van der Waals surface area contributed by atoms with Gasteiger partial charge in [0.1, 0.15) is 0 Å². The number of amides is 1. The van der Waals surface area contributed by atoms with Gasteiger partial charge in [0.2, 0.25) is 10.0 Å². The average Bonchev–Trinajstić information content (AvgIpc) is 2.36. The molecular weight excluding hydrogens is 339 g/mol. The van der Waals surface area contributed by atoms with Gasteiger partial charge in [0.25, 0.3) is 5.91 Å². The Morgan fingerprint density at radius 2 is 1.90 bits per heavy atom. The number of rotatable bonds is 6. The highest BCUT2D eigenvalue weighted by molar-refractivity contribution is 7.89. The molecule has 0 aromatic heterocycles. The molecule has 1 atom stereocenters. The van der Waals surface area contributed by atoms with Gasteiger partial charge in [-0.3, -0.25) is 4.79 Å². The number of hydrogen-bond acceptors (Lipinski definition) is 4. The molecule has 0 spiro atoms. The Morgan fingerprint density at radius 3 is 2.33 bits per heavy atom. The van der Waals surface area contributed by atoms with E-state index in [2.05, 4.69) is 5.32 Å². The molecule has 0 saturated carbocycles. The second-order valence-corrected chi connectivity index (χ2v) is 6.80. The van der Waals surface area contributed by atoms with Gasteiger partial charge in [-0.15, -0.1) is 0 Å². The van der Waals surface area contributed by atoms with E-state index in [0.29, 0.717) is 0 Å². The van der Waals surface area contributed by atoms with Gasteiger partial charge in [0.05, 0.1) is 14.9 Å². The lowest BCUT2D eigenvalue weighted by atomic mass is 10.2. The zero-order chi connectivity index (χ0) is 16.2. The van der Waals surface area contributed by atoms with Crippen LogP contribution in [0.5, 0.6) is 5.75 Å². The summed E-state index contributed by atoms with van der Waals surface area (Å²) in [5.41, 5.74) is 0. The van der Waals surface area contributed by atoms with Crippen LogP contribution >= 0.6 is 23.2 Å². The molecule has 0 bridgehead atoms. The quantitative estimate of drug-likeness (QED) is 0.815. The normalized spacial score (nSPS) is 12.8. The van der Waals surface area contributed by atoms with E-state index in [4.69, 9.17) is 33.1 Å². The molecule has 1 rings (SSSR count). The Balaban J connectivity index is 2.84. The van der Waals surface area contributed by atoms with Crippen molar-refractivity contribution in [1.29, 1.82) is 0 Å². The number of sulfonamides is 1. The minimum Gasteiger partial charge on any atom is -0.481 e. The van der Waals surface area contributed by atoms with Gasteiger partial charge in [0.15, 0.2) is 12.4 Å². The number of halogens is 2. The van der Waals surface area contributed by atoms with E-state index in [1.54, 1.807) is 0 Å². The Kier molecular flexibility index (Phi) is 6.27. The van der Waals surface area contributed by atoms with Gasteiger partial charge in [-0.25, -0.2) is 13.6 Å². The first-order chi connectivity index (χ1) is 9.65. The summed E-state index contributed by atoms with van der Waals surface area (Å²) in [6.07, 6.45) is 0.788. The molecule has 0 aliphatic carbocycles. The Labute approximate surface area is 133 Å². The lowest BCUT2D eigenvalue weighted by molar-refractivity contribution is -0.123. The average molecular weight is 355 g/mol. The van der Waals surface area contributed by atoms with E-state index in [-0.39, 0.29) is 39.2 Å². The molecule has 21 heavy (non-hydrogen) atoms. The van der Waals surface area contributed by atoms with Crippen LogP contribution in [0.25, 0.3) is 0 Å². The molecule has 0 heterocycles. The van der Waals surface area contributed by atoms with Gasteiger partial charge in [0, 0.05) is 6.04 Å². The second kappa shape index (κ2) is 7.31. The maximum absolute atomic E-state index is 11.6. The zero-order valence-electron chi connectivity index (χ0n) is 11.5. The molecule has 0 radical (unpaired) electrons. The molecule has 1 aromatic rings. The maximum atomic E-state index is 11.6. The predicted octanol–water partition coefficient (Wildman–Crippen LogP) is 1.93. The fourth-order valence-electron chi connectivity index (χ4n) is 1.40. The van der Waals surface area contributed by atoms with E-state index < -0.39 is 10.0 Å². The molecule has 118 valence electrons. The van der Waals surface area contributed by atoms with Gasteiger partial charge in [-0.05, 0) is 25.5 Å². The fourth-order valence-corrected chi connectivity index (χ4v) is 2.68. The number of nitrogens with one attached hydrogen (secondary N) is 1. The molecule has 1 amide bonds. The van der Waals surface area contributed by atoms with Gasteiger partial charge in [-0.2, -0.15) is 0 Å². The Bertz CT molecular complexity index is 611. The van der Waals surface area contributed by atoms with Crippen molar-refractivity contribution in [3.63, 3.8) is 0 Å². The van der Waals surface area contributed by atoms with Crippen LogP contribution < -0.4 is 15.2 Å². The van der Waals surface area contributed by atoms with Crippen LogP contribution in [0.3, 0.4) is 0 Å². The lowest BCUT2D eigenvalue weighted by Gasteiger charge is -2.14. The van der Waals surface area contributed by atoms with E-state index in [0.717, 1.165) is 18.6 Å².